The molecule has 0 radical (unpaired) electrons. The Hall–Kier alpha value is -0.490. The van der Waals surface area contributed by atoms with Gasteiger partial charge in [-0.15, -0.1) is 11.3 Å². The smallest absolute Gasteiger partial charge is 0.107 e. The standard InChI is InChI=1S/C14H27N3OS/c1-12(2)8-15-9-14-16-13(11-19-14)10-18-7-5-6-17(3)4/h11-12,15H,5-10H2,1-4H3. The highest BCUT2D eigenvalue weighted by molar-refractivity contribution is 7.09. The summed E-state index contributed by atoms with van der Waals surface area (Å²) in [4.78, 5) is 6.73. The molecule has 0 bridgehead atoms. The molecule has 4 nitrogen and oxygen atoms in total. The summed E-state index contributed by atoms with van der Waals surface area (Å²) >= 11 is 1.71. The van der Waals surface area contributed by atoms with Crippen LogP contribution in [0.1, 0.15) is 31.0 Å². The number of nitrogens with zero attached hydrogens (tertiary/aromatic N) is 2. The summed E-state index contributed by atoms with van der Waals surface area (Å²) < 4.78 is 5.62. The molecule has 1 aromatic rings. The Morgan fingerprint density at radius 1 is 1.42 bits per heavy atom. The second-order valence-electron chi connectivity index (χ2n) is 5.47. The van der Waals surface area contributed by atoms with E-state index in [2.05, 4.69) is 48.5 Å². The third-order valence-electron chi connectivity index (χ3n) is 2.57. The average Bonchev–Trinajstić information content (AvgIpc) is 2.76. The summed E-state index contributed by atoms with van der Waals surface area (Å²) in [5, 5.41) is 6.65. The number of thiazole rings is 1. The van der Waals surface area contributed by atoms with Gasteiger partial charge in [0, 0.05) is 18.5 Å². The molecule has 0 aliphatic heterocycles. The first-order valence-corrected chi connectivity index (χ1v) is 7.82. The van der Waals surface area contributed by atoms with Crippen LogP contribution < -0.4 is 5.32 Å². The van der Waals surface area contributed by atoms with Gasteiger partial charge in [0.15, 0.2) is 0 Å². The van der Waals surface area contributed by atoms with Crippen LogP contribution in [0.4, 0.5) is 0 Å². The molecule has 0 aliphatic carbocycles. The summed E-state index contributed by atoms with van der Waals surface area (Å²) in [6.07, 6.45) is 1.07. The lowest BCUT2D eigenvalue weighted by Gasteiger charge is -2.08. The first kappa shape index (κ1) is 16.6. The maximum atomic E-state index is 5.62. The summed E-state index contributed by atoms with van der Waals surface area (Å²) in [5.41, 5.74) is 1.05. The van der Waals surface area contributed by atoms with Crippen molar-refractivity contribution >= 4 is 11.3 Å². The second kappa shape index (κ2) is 9.42. The SMILES string of the molecule is CC(C)CNCc1nc(COCCCN(C)C)cs1. The third-order valence-corrected chi connectivity index (χ3v) is 3.47. The molecular weight excluding hydrogens is 258 g/mol. The van der Waals surface area contributed by atoms with E-state index < -0.39 is 0 Å². The molecule has 19 heavy (non-hydrogen) atoms. The highest BCUT2D eigenvalue weighted by Gasteiger charge is 2.02. The molecule has 1 rings (SSSR count). The van der Waals surface area contributed by atoms with Crippen molar-refractivity contribution in [2.45, 2.75) is 33.4 Å². The Bertz CT molecular complexity index is 339. The number of ether oxygens (including phenoxy) is 1. The lowest BCUT2D eigenvalue weighted by Crippen LogP contribution is -2.18. The van der Waals surface area contributed by atoms with Crippen LogP contribution >= 0.6 is 11.3 Å². The van der Waals surface area contributed by atoms with Gasteiger partial charge in [0.1, 0.15) is 5.01 Å². The minimum absolute atomic E-state index is 0.633. The van der Waals surface area contributed by atoms with Crippen LogP contribution in [0, 0.1) is 5.92 Å². The molecule has 0 spiro atoms. The summed E-state index contributed by atoms with van der Waals surface area (Å²) in [5.74, 6) is 0.680. The second-order valence-corrected chi connectivity index (χ2v) is 6.41. The first-order valence-electron chi connectivity index (χ1n) is 6.94. The fraction of sp³-hybridized carbons (Fsp3) is 0.786. The molecular formula is C14H27N3OS. The fourth-order valence-electron chi connectivity index (χ4n) is 1.62. The van der Waals surface area contributed by atoms with Gasteiger partial charge in [-0.05, 0) is 39.5 Å². The van der Waals surface area contributed by atoms with Gasteiger partial charge in [-0.25, -0.2) is 4.98 Å². The van der Waals surface area contributed by atoms with Gasteiger partial charge in [0.25, 0.3) is 0 Å². The maximum absolute atomic E-state index is 5.62. The highest BCUT2D eigenvalue weighted by Crippen LogP contribution is 2.10. The van der Waals surface area contributed by atoms with Gasteiger partial charge in [0.2, 0.25) is 0 Å². The predicted octanol–water partition coefficient (Wildman–Crippen LogP) is 2.36. The average molecular weight is 285 g/mol. The fourth-order valence-corrected chi connectivity index (χ4v) is 2.37. The molecule has 1 N–H and O–H groups in total. The zero-order chi connectivity index (χ0) is 14.1. The summed E-state index contributed by atoms with van der Waals surface area (Å²) in [6, 6.07) is 0. The van der Waals surface area contributed by atoms with E-state index in [1.165, 1.54) is 0 Å². The topological polar surface area (TPSA) is 37.4 Å². The lowest BCUT2D eigenvalue weighted by atomic mass is 10.2. The molecule has 0 amide bonds. The predicted molar refractivity (Wildman–Crippen MR) is 81.5 cm³/mol. The van der Waals surface area contributed by atoms with Crippen molar-refractivity contribution < 1.29 is 4.74 Å². The monoisotopic (exact) mass is 285 g/mol. The van der Waals surface area contributed by atoms with E-state index in [4.69, 9.17) is 4.74 Å². The zero-order valence-corrected chi connectivity index (χ0v) is 13.4. The molecule has 0 saturated heterocycles. The maximum Gasteiger partial charge on any atom is 0.107 e. The van der Waals surface area contributed by atoms with Crippen molar-refractivity contribution in [3.63, 3.8) is 0 Å². The van der Waals surface area contributed by atoms with Crippen LogP contribution in [-0.4, -0.2) is 43.7 Å². The van der Waals surface area contributed by atoms with Gasteiger partial charge in [-0.1, -0.05) is 13.8 Å². The Balaban J connectivity index is 2.12. The van der Waals surface area contributed by atoms with E-state index in [1.807, 2.05) is 0 Å². The van der Waals surface area contributed by atoms with Crippen molar-refractivity contribution in [3.8, 4) is 0 Å². The van der Waals surface area contributed by atoms with Gasteiger partial charge >= 0.3 is 0 Å². The molecule has 0 aromatic carbocycles. The Morgan fingerprint density at radius 2 is 2.21 bits per heavy atom. The Labute approximate surface area is 121 Å². The van der Waals surface area contributed by atoms with E-state index >= 15 is 0 Å². The highest BCUT2D eigenvalue weighted by atomic mass is 32.1. The largest absolute Gasteiger partial charge is 0.375 e. The van der Waals surface area contributed by atoms with Gasteiger partial charge in [0.05, 0.1) is 12.3 Å². The van der Waals surface area contributed by atoms with E-state index in [0.717, 1.165) is 43.4 Å². The van der Waals surface area contributed by atoms with Crippen LogP contribution in [0.15, 0.2) is 5.38 Å². The van der Waals surface area contributed by atoms with Crippen molar-refractivity contribution in [2.75, 3.05) is 33.8 Å². The normalized spacial score (nSPS) is 11.7. The molecule has 0 aliphatic rings. The Morgan fingerprint density at radius 3 is 2.89 bits per heavy atom. The number of hydrogen-bond acceptors (Lipinski definition) is 5. The number of aromatic nitrogens is 1. The first-order chi connectivity index (χ1) is 9.08. The van der Waals surface area contributed by atoms with Gasteiger partial charge in [-0.3, -0.25) is 0 Å². The summed E-state index contributed by atoms with van der Waals surface area (Å²) in [7, 11) is 4.16. The molecule has 1 heterocycles. The number of nitrogens with one attached hydrogen (secondary N) is 1. The third kappa shape index (κ3) is 8.31. The van der Waals surface area contributed by atoms with Gasteiger partial charge < -0.3 is 15.0 Å². The van der Waals surface area contributed by atoms with Crippen LogP contribution in [0.2, 0.25) is 0 Å². The van der Waals surface area contributed by atoms with Crippen LogP contribution in [0.5, 0.6) is 0 Å². The van der Waals surface area contributed by atoms with Crippen molar-refractivity contribution in [2.24, 2.45) is 5.92 Å². The van der Waals surface area contributed by atoms with Crippen LogP contribution in [0.25, 0.3) is 0 Å². The minimum Gasteiger partial charge on any atom is -0.375 e. The van der Waals surface area contributed by atoms with E-state index in [0.29, 0.717) is 12.5 Å². The molecule has 0 unspecified atom stereocenters. The molecule has 0 fully saturated rings. The summed E-state index contributed by atoms with van der Waals surface area (Å²) in [6.45, 7) is 8.83. The quantitative estimate of drug-likeness (QED) is 0.670. The van der Waals surface area contributed by atoms with Crippen molar-refractivity contribution in [1.82, 2.24) is 15.2 Å². The number of hydrogen-bond donors (Lipinski definition) is 1. The Kier molecular flexibility index (Phi) is 8.21. The van der Waals surface area contributed by atoms with E-state index in [1.54, 1.807) is 11.3 Å². The molecule has 0 atom stereocenters. The van der Waals surface area contributed by atoms with Gasteiger partial charge in [-0.2, -0.15) is 0 Å². The lowest BCUT2D eigenvalue weighted by molar-refractivity contribution is 0.111. The molecule has 5 heteroatoms. The minimum atomic E-state index is 0.633. The van der Waals surface area contributed by atoms with Crippen LogP contribution in [0.3, 0.4) is 0 Å². The molecule has 0 saturated carbocycles. The number of rotatable bonds is 10. The zero-order valence-electron chi connectivity index (χ0n) is 12.6. The molecule has 1 aromatic heterocycles. The molecule has 110 valence electrons. The van der Waals surface area contributed by atoms with Crippen LogP contribution in [-0.2, 0) is 17.9 Å². The van der Waals surface area contributed by atoms with E-state index in [-0.39, 0.29) is 0 Å². The van der Waals surface area contributed by atoms with Crippen molar-refractivity contribution in [3.05, 3.63) is 16.1 Å². The van der Waals surface area contributed by atoms with E-state index in [9.17, 15) is 0 Å². The van der Waals surface area contributed by atoms with Crippen molar-refractivity contribution in [1.29, 1.82) is 0 Å².